The highest BCUT2D eigenvalue weighted by Crippen LogP contribution is 2.33. The molecule has 1 unspecified atom stereocenters. The van der Waals surface area contributed by atoms with Crippen LogP contribution < -0.4 is 0 Å². The topological polar surface area (TPSA) is 20.2 Å². The summed E-state index contributed by atoms with van der Waals surface area (Å²) in [5, 5.41) is 10.1. The Bertz CT molecular complexity index is 358. The fourth-order valence-electron chi connectivity index (χ4n) is 1.62. The van der Waals surface area contributed by atoms with E-state index in [1.165, 1.54) is 0 Å². The highest BCUT2D eigenvalue weighted by molar-refractivity contribution is 8.08. The Labute approximate surface area is 103 Å². The van der Waals surface area contributed by atoms with Gasteiger partial charge in [0.1, 0.15) is 0 Å². The van der Waals surface area contributed by atoms with Gasteiger partial charge in [0.05, 0.1) is 6.10 Å². The molecule has 0 aliphatic heterocycles. The van der Waals surface area contributed by atoms with Gasteiger partial charge in [-0.2, -0.15) is 0 Å². The van der Waals surface area contributed by atoms with Crippen LogP contribution in [0.15, 0.2) is 30.8 Å². The Balaban J connectivity index is 3.05. The summed E-state index contributed by atoms with van der Waals surface area (Å²) in [5.74, 6) is 1.23. The summed E-state index contributed by atoms with van der Waals surface area (Å²) in [4.78, 5) is 1.04. The van der Waals surface area contributed by atoms with Crippen LogP contribution in [0.5, 0.6) is 0 Å². The molecule has 0 fully saturated rings. The Morgan fingerprint density at radius 2 is 2.00 bits per heavy atom. The highest BCUT2D eigenvalue weighted by Gasteiger charge is 2.16. The molecule has 0 saturated heterocycles. The van der Waals surface area contributed by atoms with E-state index in [0.29, 0.717) is 0 Å². The van der Waals surface area contributed by atoms with Crippen LogP contribution in [0.4, 0.5) is 0 Å². The molecule has 0 bridgehead atoms. The first-order chi connectivity index (χ1) is 7.57. The minimum Gasteiger partial charge on any atom is -0.388 e. The molecule has 0 spiro atoms. The van der Waals surface area contributed by atoms with Crippen molar-refractivity contribution in [1.29, 1.82) is 0 Å². The maximum Gasteiger partial charge on any atom is 0.0819 e. The standard InChI is InChI=1S/C14H20OS/c1-5-16-11(4)12-8-6-7-9-13(12)14(15)10(2)3/h6-10,14-15H,4-5H2,1-3H3. The Morgan fingerprint density at radius 3 is 2.56 bits per heavy atom. The van der Waals surface area contributed by atoms with Gasteiger partial charge in [-0.1, -0.05) is 51.6 Å². The first-order valence-corrected chi connectivity index (χ1v) is 6.65. The molecule has 1 nitrogen and oxygen atoms in total. The third kappa shape index (κ3) is 3.13. The molecule has 1 rings (SSSR count). The molecule has 0 aliphatic rings. The lowest BCUT2D eigenvalue weighted by molar-refractivity contribution is 0.126. The maximum atomic E-state index is 10.1. The summed E-state index contributed by atoms with van der Waals surface area (Å²) in [6, 6.07) is 7.98. The van der Waals surface area contributed by atoms with Crippen molar-refractivity contribution in [3.8, 4) is 0 Å². The van der Waals surface area contributed by atoms with Crippen molar-refractivity contribution in [2.45, 2.75) is 26.9 Å². The number of benzene rings is 1. The van der Waals surface area contributed by atoms with Crippen molar-refractivity contribution in [2.24, 2.45) is 5.92 Å². The smallest absolute Gasteiger partial charge is 0.0819 e. The second kappa shape index (κ2) is 6.12. The second-order valence-electron chi connectivity index (χ2n) is 4.13. The predicted molar refractivity (Wildman–Crippen MR) is 73.4 cm³/mol. The average molecular weight is 236 g/mol. The van der Waals surface area contributed by atoms with Gasteiger partial charge in [0, 0.05) is 4.91 Å². The van der Waals surface area contributed by atoms with Crippen LogP contribution in [0.1, 0.15) is 38.0 Å². The number of thioether (sulfide) groups is 1. The van der Waals surface area contributed by atoms with Crippen molar-refractivity contribution in [3.63, 3.8) is 0 Å². The molecule has 88 valence electrons. The normalized spacial score (nSPS) is 12.8. The van der Waals surface area contributed by atoms with Gasteiger partial charge in [0.2, 0.25) is 0 Å². The summed E-state index contributed by atoms with van der Waals surface area (Å²) >= 11 is 1.72. The van der Waals surface area contributed by atoms with Crippen molar-refractivity contribution in [3.05, 3.63) is 42.0 Å². The molecule has 0 aliphatic carbocycles. The molecular formula is C14H20OS. The van der Waals surface area contributed by atoms with Crippen LogP contribution in [0.25, 0.3) is 4.91 Å². The molecule has 0 heterocycles. The second-order valence-corrected chi connectivity index (χ2v) is 5.49. The van der Waals surface area contributed by atoms with E-state index < -0.39 is 6.10 Å². The van der Waals surface area contributed by atoms with Gasteiger partial charge in [-0.05, 0) is 22.8 Å². The first kappa shape index (κ1) is 13.3. The minimum absolute atomic E-state index is 0.223. The highest BCUT2D eigenvalue weighted by atomic mass is 32.2. The van der Waals surface area contributed by atoms with Crippen LogP contribution in [0.2, 0.25) is 0 Å². The molecule has 16 heavy (non-hydrogen) atoms. The van der Waals surface area contributed by atoms with Gasteiger partial charge in [-0.15, -0.1) is 11.8 Å². The molecule has 1 N–H and O–H groups in total. The van der Waals surface area contributed by atoms with E-state index >= 15 is 0 Å². The summed E-state index contributed by atoms with van der Waals surface area (Å²) in [5.41, 5.74) is 2.07. The SMILES string of the molecule is C=C(SCC)c1ccccc1C(O)C(C)C. The average Bonchev–Trinajstić information content (AvgIpc) is 2.28. The molecule has 1 aromatic carbocycles. The third-order valence-electron chi connectivity index (χ3n) is 2.53. The summed E-state index contributed by atoms with van der Waals surface area (Å²) < 4.78 is 0. The van der Waals surface area contributed by atoms with Crippen molar-refractivity contribution >= 4 is 16.7 Å². The number of hydrogen-bond donors (Lipinski definition) is 1. The largest absolute Gasteiger partial charge is 0.388 e. The summed E-state index contributed by atoms with van der Waals surface area (Å²) in [6.45, 7) is 10.2. The maximum absolute atomic E-state index is 10.1. The molecule has 0 radical (unpaired) electrons. The van der Waals surface area contributed by atoms with Crippen LogP contribution in [0, 0.1) is 5.92 Å². The molecule has 1 aromatic rings. The molecule has 0 aromatic heterocycles. The van der Waals surface area contributed by atoms with E-state index in [0.717, 1.165) is 21.8 Å². The lowest BCUT2D eigenvalue weighted by Gasteiger charge is -2.19. The first-order valence-electron chi connectivity index (χ1n) is 5.67. The van der Waals surface area contributed by atoms with Crippen molar-refractivity contribution in [2.75, 3.05) is 5.75 Å². The van der Waals surface area contributed by atoms with E-state index in [1.54, 1.807) is 11.8 Å². The minimum atomic E-state index is -0.412. The van der Waals surface area contributed by atoms with E-state index in [4.69, 9.17) is 0 Å². The van der Waals surface area contributed by atoms with E-state index in [-0.39, 0.29) is 5.92 Å². The number of rotatable bonds is 5. The Hall–Kier alpha value is -0.730. The number of aliphatic hydroxyl groups is 1. The van der Waals surface area contributed by atoms with Gasteiger partial charge in [0.25, 0.3) is 0 Å². The number of hydrogen-bond acceptors (Lipinski definition) is 2. The summed E-state index contributed by atoms with van der Waals surface area (Å²) in [6.07, 6.45) is -0.412. The Kier molecular flexibility index (Phi) is 5.10. The number of aliphatic hydroxyl groups excluding tert-OH is 1. The monoisotopic (exact) mass is 236 g/mol. The summed E-state index contributed by atoms with van der Waals surface area (Å²) in [7, 11) is 0. The van der Waals surface area contributed by atoms with E-state index in [1.807, 2.05) is 38.1 Å². The quantitative estimate of drug-likeness (QED) is 0.830. The van der Waals surface area contributed by atoms with Gasteiger partial charge < -0.3 is 5.11 Å². The van der Waals surface area contributed by atoms with Crippen molar-refractivity contribution in [1.82, 2.24) is 0 Å². The predicted octanol–water partition coefficient (Wildman–Crippen LogP) is 4.10. The fraction of sp³-hybridized carbons (Fsp3) is 0.429. The Morgan fingerprint density at radius 1 is 1.38 bits per heavy atom. The third-order valence-corrected chi connectivity index (χ3v) is 3.39. The van der Waals surface area contributed by atoms with Crippen LogP contribution in [-0.2, 0) is 0 Å². The molecule has 0 saturated carbocycles. The van der Waals surface area contributed by atoms with Crippen LogP contribution in [-0.4, -0.2) is 10.9 Å². The zero-order valence-corrected chi connectivity index (χ0v) is 11.1. The molecule has 1 atom stereocenters. The molecular weight excluding hydrogens is 216 g/mol. The lowest BCUT2D eigenvalue weighted by atomic mass is 9.95. The van der Waals surface area contributed by atoms with E-state index in [9.17, 15) is 5.11 Å². The van der Waals surface area contributed by atoms with Gasteiger partial charge >= 0.3 is 0 Å². The van der Waals surface area contributed by atoms with Gasteiger partial charge in [-0.3, -0.25) is 0 Å². The molecule has 2 heteroatoms. The van der Waals surface area contributed by atoms with Gasteiger partial charge in [0.15, 0.2) is 0 Å². The van der Waals surface area contributed by atoms with Gasteiger partial charge in [-0.25, -0.2) is 0 Å². The fourth-order valence-corrected chi connectivity index (χ4v) is 2.31. The molecule has 0 amide bonds. The lowest BCUT2D eigenvalue weighted by Crippen LogP contribution is -2.07. The zero-order valence-electron chi connectivity index (χ0n) is 10.2. The zero-order chi connectivity index (χ0) is 12.1. The van der Waals surface area contributed by atoms with Crippen molar-refractivity contribution < 1.29 is 5.11 Å². The van der Waals surface area contributed by atoms with Crippen LogP contribution >= 0.6 is 11.8 Å². The van der Waals surface area contributed by atoms with E-state index in [2.05, 4.69) is 13.5 Å². The van der Waals surface area contributed by atoms with Crippen LogP contribution in [0.3, 0.4) is 0 Å².